The van der Waals surface area contributed by atoms with Gasteiger partial charge in [-0.3, -0.25) is 9.10 Å². The van der Waals surface area contributed by atoms with Gasteiger partial charge in [-0.15, -0.1) is 11.3 Å². The Morgan fingerprint density at radius 2 is 1.69 bits per heavy atom. The van der Waals surface area contributed by atoms with E-state index in [2.05, 4.69) is 0 Å². The second kappa shape index (κ2) is 8.67. The minimum absolute atomic E-state index is 0.161. The lowest BCUT2D eigenvalue weighted by Gasteiger charge is -2.21. The van der Waals surface area contributed by atoms with Gasteiger partial charge >= 0.3 is 0 Å². The topological polar surface area (TPSA) is 66.9 Å². The van der Waals surface area contributed by atoms with Gasteiger partial charge in [0, 0.05) is 31.8 Å². The number of para-hydroxylation sites is 1. The van der Waals surface area contributed by atoms with Gasteiger partial charge in [-0.25, -0.2) is 8.42 Å². The SMILES string of the molecule is COc1ccccc1CN(C)C(=O)c1ccc(N(C)S(=O)(=O)c2cccs2)cc1. The van der Waals surface area contributed by atoms with E-state index in [0.29, 0.717) is 17.8 Å². The van der Waals surface area contributed by atoms with Crippen LogP contribution in [-0.2, 0) is 16.6 Å². The van der Waals surface area contributed by atoms with E-state index in [-0.39, 0.29) is 10.1 Å². The Balaban J connectivity index is 1.75. The number of carbonyl (C=O) groups excluding carboxylic acids is 1. The van der Waals surface area contributed by atoms with Crippen molar-refractivity contribution in [2.75, 3.05) is 25.5 Å². The molecule has 0 saturated carbocycles. The molecule has 0 aliphatic carbocycles. The first kappa shape index (κ1) is 20.9. The van der Waals surface area contributed by atoms with E-state index >= 15 is 0 Å². The third kappa shape index (κ3) is 4.44. The summed E-state index contributed by atoms with van der Waals surface area (Å²) in [6, 6.07) is 17.4. The van der Waals surface area contributed by atoms with Crippen LogP contribution in [0.5, 0.6) is 5.75 Å². The molecule has 0 aliphatic heterocycles. The summed E-state index contributed by atoms with van der Waals surface area (Å²) in [6.45, 7) is 0.400. The minimum Gasteiger partial charge on any atom is -0.496 e. The van der Waals surface area contributed by atoms with Gasteiger partial charge in [0.2, 0.25) is 0 Å². The van der Waals surface area contributed by atoms with Crippen LogP contribution in [0.2, 0.25) is 0 Å². The maximum atomic E-state index is 12.8. The predicted octanol–water partition coefficient (Wildman–Crippen LogP) is 3.85. The Kier molecular flexibility index (Phi) is 6.24. The Hall–Kier alpha value is -2.84. The lowest BCUT2D eigenvalue weighted by atomic mass is 10.1. The molecule has 0 radical (unpaired) electrons. The summed E-state index contributed by atoms with van der Waals surface area (Å²) >= 11 is 1.17. The quantitative estimate of drug-likeness (QED) is 0.571. The molecule has 8 heteroatoms. The number of carbonyl (C=O) groups is 1. The van der Waals surface area contributed by atoms with E-state index in [0.717, 1.165) is 11.3 Å². The number of sulfonamides is 1. The fourth-order valence-corrected chi connectivity index (χ4v) is 5.24. The molecule has 0 unspecified atom stereocenters. The second-order valence-electron chi connectivity index (χ2n) is 6.42. The molecule has 6 nitrogen and oxygen atoms in total. The van der Waals surface area contributed by atoms with E-state index in [1.165, 1.54) is 22.7 Å². The van der Waals surface area contributed by atoms with Gasteiger partial charge < -0.3 is 9.64 Å². The molecule has 0 N–H and O–H groups in total. The standard InChI is InChI=1S/C21H22N2O4S2/c1-22(15-17-7-4-5-8-19(17)27-3)21(24)16-10-12-18(13-11-16)23(2)29(25,26)20-9-6-14-28-20/h4-14H,15H2,1-3H3. The molecule has 3 rings (SSSR count). The molecule has 0 aliphatic rings. The molecule has 29 heavy (non-hydrogen) atoms. The van der Waals surface area contributed by atoms with E-state index in [1.54, 1.807) is 60.8 Å². The van der Waals surface area contributed by atoms with Gasteiger partial charge in [-0.2, -0.15) is 0 Å². The fraction of sp³-hybridized carbons (Fsp3) is 0.190. The maximum Gasteiger partial charge on any atom is 0.273 e. The molecule has 0 atom stereocenters. The van der Waals surface area contributed by atoms with Crippen LogP contribution in [-0.4, -0.2) is 40.4 Å². The Labute approximate surface area is 175 Å². The monoisotopic (exact) mass is 430 g/mol. The molecule has 2 aromatic carbocycles. The molecular formula is C21H22N2O4S2. The number of hydrogen-bond acceptors (Lipinski definition) is 5. The first-order chi connectivity index (χ1) is 13.8. The van der Waals surface area contributed by atoms with Crippen molar-refractivity contribution in [2.45, 2.75) is 10.8 Å². The highest BCUT2D eigenvalue weighted by Crippen LogP contribution is 2.26. The van der Waals surface area contributed by atoms with Gasteiger partial charge in [0.05, 0.1) is 12.8 Å². The zero-order valence-electron chi connectivity index (χ0n) is 16.4. The summed E-state index contributed by atoms with van der Waals surface area (Å²) < 4.78 is 32.1. The predicted molar refractivity (Wildman–Crippen MR) is 115 cm³/mol. The largest absolute Gasteiger partial charge is 0.496 e. The number of benzene rings is 2. The summed E-state index contributed by atoms with van der Waals surface area (Å²) in [6.07, 6.45) is 0. The molecule has 0 bridgehead atoms. The first-order valence-electron chi connectivity index (χ1n) is 8.84. The third-order valence-electron chi connectivity index (χ3n) is 4.53. The molecule has 1 aromatic heterocycles. The summed E-state index contributed by atoms with van der Waals surface area (Å²) in [5.41, 5.74) is 1.87. The van der Waals surface area contributed by atoms with Crippen molar-refractivity contribution in [3.8, 4) is 5.75 Å². The Bertz CT molecular complexity index is 1080. The highest BCUT2D eigenvalue weighted by Gasteiger charge is 2.22. The lowest BCUT2D eigenvalue weighted by Crippen LogP contribution is -2.27. The van der Waals surface area contributed by atoms with Crippen molar-refractivity contribution in [3.05, 3.63) is 77.2 Å². The minimum atomic E-state index is -3.60. The van der Waals surface area contributed by atoms with Gasteiger partial charge in [-0.1, -0.05) is 24.3 Å². The van der Waals surface area contributed by atoms with Crippen LogP contribution in [0.25, 0.3) is 0 Å². The van der Waals surface area contributed by atoms with E-state index in [4.69, 9.17) is 4.74 Å². The van der Waals surface area contributed by atoms with Crippen molar-refractivity contribution >= 4 is 33.0 Å². The smallest absolute Gasteiger partial charge is 0.273 e. The highest BCUT2D eigenvalue weighted by atomic mass is 32.2. The molecule has 0 saturated heterocycles. The fourth-order valence-electron chi connectivity index (χ4n) is 2.88. The number of nitrogens with zero attached hydrogens (tertiary/aromatic N) is 2. The molecule has 0 fully saturated rings. The van der Waals surface area contributed by atoms with Gasteiger partial charge in [0.25, 0.3) is 15.9 Å². The third-order valence-corrected chi connectivity index (χ3v) is 7.69. The average molecular weight is 431 g/mol. The summed E-state index contributed by atoms with van der Waals surface area (Å²) in [5, 5.41) is 1.72. The molecular weight excluding hydrogens is 408 g/mol. The zero-order valence-corrected chi connectivity index (χ0v) is 18.0. The number of hydrogen-bond donors (Lipinski definition) is 0. The van der Waals surface area contributed by atoms with Gasteiger partial charge in [-0.05, 0) is 41.8 Å². The number of anilines is 1. The molecule has 152 valence electrons. The van der Waals surface area contributed by atoms with E-state index in [1.807, 2.05) is 24.3 Å². The van der Waals surface area contributed by atoms with Crippen molar-refractivity contribution in [3.63, 3.8) is 0 Å². The lowest BCUT2D eigenvalue weighted by molar-refractivity contribution is 0.0784. The normalized spacial score (nSPS) is 11.1. The van der Waals surface area contributed by atoms with Crippen molar-refractivity contribution in [1.82, 2.24) is 4.90 Å². The van der Waals surface area contributed by atoms with Crippen LogP contribution >= 0.6 is 11.3 Å². The molecule has 0 spiro atoms. The number of ether oxygens (including phenoxy) is 1. The summed E-state index contributed by atoms with van der Waals surface area (Å²) in [5.74, 6) is 0.564. The van der Waals surface area contributed by atoms with Crippen LogP contribution in [0.15, 0.2) is 70.3 Å². The van der Waals surface area contributed by atoms with Gasteiger partial charge in [0.15, 0.2) is 0 Å². The number of methoxy groups -OCH3 is 1. The van der Waals surface area contributed by atoms with Gasteiger partial charge in [0.1, 0.15) is 9.96 Å². The van der Waals surface area contributed by atoms with Crippen LogP contribution in [0.4, 0.5) is 5.69 Å². The van der Waals surface area contributed by atoms with Crippen molar-refractivity contribution < 1.29 is 17.9 Å². The highest BCUT2D eigenvalue weighted by molar-refractivity contribution is 7.94. The van der Waals surface area contributed by atoms with Crippen molar-refractivity contribution in [2.24, 2.45) is 0 Å². The molecule has 1 heterocycles. The first-order valence-corrected chi connectivity index (χ1v) is 11.2. The number of amides is 1. The van der Waals surface area contributed by atoms with Crippen LogP contribution in [0, 0.1) is 0 Å². The van der Waals surface area contributed by atoms with Crippen LogP contribution in [0.1, 0.15) is 15.9 Å². The summed E-state index contributed by atoms with van der Waals surface area (Å²) in [7, 11) is 1.21. The average Bonchev–Trinajstić information content (AvgIpc) is 3.29. The van der Waals surface area contributed by atoms with E-state index < -0.39 is 10.0 Å². The number of rotatable bonds is 7. The molecule has 3 aromatic rings. The van der Waals surface area contributed by atoms with E-state index in [9.17, 15) is 13.2 Å². The zero-order chi connectivity index (χ0) is 21.0. The van der Waals surface area contributed by atoms with Crippen molar-refractivity contribution in [1.29, 1.82) is 0 Å². The number of thiophene rings is 1. The van der Waals surface area contributed by atoms with Crippen LogP contribution in [0.3, 0.4) is 0 Å². The maximum absolute atomic E-state index is 12.8. The Morgan fingerprint density at radius 1 is 1.00 bits per heavy atom. The van der Waals surface area contributed by atoms with Crippen LogP contribution < -0.4 is 9.04 Å². The second-order valence-corrected chi connectivity index (χ2v) is 9.57. The Morgan fingerprint density at radius 3 is 2.31 bits per heavy atom. The molecule has 1 amide bonds. The summed E-state index contributed by atoms with van der Waals surface area (Å²) in [4.78, 5) is 14.4.